The normalized spacial score (nSPS) is 11.2. The van der Waals surface area contributed by atoms with Crippen molar-refractivity contribution < 1.29 is 39.6 Å². The van der Waals surface area contributed by atoms with Crippen molar-refractivity contribution in [1.29, 1.82) is 0 Å². The summed E-state index contributed by atoms with van der Waals surface area (Å²) in [6, 6.07) is 20.4. The van der Waals surface area contributed by atoms with Crippen LogP contribution in [0.15, 0.2) is 78.9 Å². The Labute approximate surface area is 335 Å². The minimum Gasteiger partial charge on any atom is -0.508 e. The van der Waals surface area contributed by atoms with Gasteiger partial charge < -0.3 is 24.8 Å². The molecule has 0 aliphatic heterocycles. The van der Waals surface area contributed by atoms with Crippen molar-refractivity contribution in [3.63, 3.8) is 0 Å². The van der Waals surface area contributed by atoms with Crippen LogP contribution >= 0.6 is 0 Å². The topological polar surface area (TPSA) is 209 Å². The van der Waals surface area contributed by atoms with Gasteiger partial charge in [0, 0.05) is 12.1 Å². The summed E-state index contributed by atoms with van der Waals surface area (Å²) < 4.78 is 11.3. The lowest BCUT2D eigenvalue weighted by Gasteiger charge is -2.14. The summed E-state index contributed by atoms with van der Waals surface area (Å²) >= 11 is 0. The molecule has 0 heterocycles. The number of aromatic hydroxyl groups is 3. The van der Waals surface area contributed by atoms with Crippen LogP contribution in [0.5, 0.6) is 28.7 Å². The fraction of sp³-hybridized carbons (Fsp3) is 0.442. The first-order valence-electron chi connectivity index (χ1n) is 19.2. The Morgan fingerprint density at radius 2 is 0.895 bits per heavy atom. The summed E-state index contributed by atoms with van der Waals surface area (Å²) in [6.45, 7) is 13.8. The van der Waals surface area contributed by atoms with Gasteiger partial charge in [0.1, 0.15) is 11.5 Å². The molecule has 57 heavy (non-hydrogen) atoms. The van der Waals surface area contributed by atoms with E-state index in [0.29, 0.717) is 11.5 Å². The molecule has 0 bridgehead atoms. The number of hydrogen-bond donors (Lipinski definition) is 3. The van der Waals surface area contributed by atoms with Crippen LogP contribution in [0.2, 0.25) is 0 Å². The van der Waals surface area contributed by atoms with E-state index in [-0.39, 0.29) is 51.4 Å². The van der Waals surface area contributed by atoms with Crippen molar-refractivity contribution >= 4 is 17.1 Å². The fourth-order valence-corrected chi connectivity index (χ4v) is 5.21. The maximum atomic E-state index is 11.0. The van der Waals surface area contributed by atoms with E-state index in [2.05, 4.69) is 13.8 Å². The van der Waals surface area contributed by atoms with Gasteiger partial charge in [-0.15, -0.1) is 0 Å². The Morgan fingerprint density at radius 3 is 1.32 bits per heavy atom. The molecule has 4 aromatic carbocycles. The third-order valence-corrected chi connectivity index (χ3v) is 8.40. The van der Waals surface area contributed by atoms with Crippen molar-refractivity contribution in [2.75, 3.05) is 0 Å². The molecule has 0 amide bonds. The van der Waals surface area contributed by atoms with Gasteiger partial charge in [0.05, 0.1) is 33.0 Å². The molecular formula is C43H59N3O11. The lowest BCUT2D eigenvalue weighted by Crippen LogP contribution is -2.12. The minimum absolute atomic E-state index is 0.0123. The Kier molecular flexibility index (Phi) is 23.1. The van der Waals surface area contributed by atoms with Gasteiger partial charge in [0.2, 0.25) is 0 Å². The highest BCUT2D eigenvalue weighted by Crippen LogP contribution is 2.32. The van der Waals surface area contributed by atoms with E-state index < -0.39 is 9.85 Å². The zero-order valence-electron chi connectivity index (χ0n) is 34.2. The molecule has 14 heteroatoms. The Balaban J connectivity index is 0.000000400. The molecule has 0 radical (unpaired) electrons. The first-order chi connectivity index (χ1) is 27.0. The van der Waals surface area contributed by atoms with E-state index in [0.717, 1.165) is 49.3 Å². The highest BCUT2D eigenvalue weighted by Gasteiger charge is 2.19. The molecule has 4 rings (SSSR count). The monoisotopic (exact) mass is 793 g/mol. The molecule has 0 unspecified atom stereocenters. The number of ether oxygens (including phenoxy) is 2. The number of nitro benzene ring substituents is 3. The molecule has 0 saturated carbocycles. The summed E-state index contributed by atoms with van der Waals surface area (Å²) in [5.74, 6) is 0.496. The van der Waals surface area contributed by atoms with Gasteiger partial charge in [-0.1, -0.05) is 82.2 Å². The first-order valence-corrected chi connectivity index (χ1v) is 19.2. The van der Waals surface area contributed by atoms with Crippen LogP contribution in [0.25, 0.3) is 0 Å². The second-order valence-electron chi connectivity index (χ2n) is 13.8. The van der Waals surface area contributed by atoms with E-state index >= 15 is 0 Å². The molecule has 4 aromatic rings. The maximum Gasteiger partial charge on any atom is 0.314 e. The van der Waals surface area contributed by atoms with Gasteiger partial charge in [-0.05, 0) is 108 Å². The smallest absolute Gasteiger partial charge is 0.314 e. The van der Waals surface area contributed by atoms with Crippen LogP contribution < -0.4 is 9.47 Å². The van der Waals surface area contributed by atoms with Crippen molar-refractivity contribution in [2.45, 2.75) is 125 Å². The lowest BCUT2D eigenvalue weighted by atomic mass is 10.1. The van der Waals surface area contributed by atoms with Crippen LogP contribution in [-0.2, 0) is 0 Å². The highest BCUT2D eigenvalue weighted by molar-refractivity contribution is 5.51. The van der Waals surface area contributed by atoms with Crippen LogP contribution in [0, 0.1) is 51.1 Å². The average molecular weight is 794 g/mol. The second-order valence-corrected chi connectivity index (χ2v) is 13.8. The van der Waals surface area contributed by atoms with E-state index in [4.69, 9.17) is 19.7 Å². The number of benzene rings is 4. The van der Waals surface area contributed by atoms with Gasteiger partial charge >= 0.3 is 17.1 Å². The molecule has 0 aliphatic carbocycles. The first kappa shape index (κ1) is 49.1. The summed E-state index contributed by atoms with van der Waals surface area (Å²) in [5, 5.41) is 59.1. The number of unbranched alkanes of at least 4 members (excludes halogenated alkanes) is 6. The van der Waals surface area contributed by atoms with Crippen LogP contribution in [0.4, 0.5) is 17.1 Å². The second kappa shape index (κ2) is 26.8. The summed E-state index contributed by atoms with van der Waals surface area (Å²) in [4.78, 5) is 30.5. The third kappa shape index (κ3) is 20.5. The zero-order chi connectivity index (χ0) is 42.9. The fourth-order valence-electron chi connectivity index (χ4n) is 5.21. The van der Waals surface area contributed by atoms with Crippen LogP contribution in [0.3, 0.4) is 0 Å². The Hall–Kier alpha value is -5.92. The van der Waals surface area contributed by atoms with Gasteiger partial charge in [-0.3, -0.25) is 30.3 Å². The predicted molar refractivity (Wildman–Crippen MR) is 223 cm³/mol. The number of rotatable bonds is 17. The van der Waals surface area contributed by atoms with Crippen LogP contribution in [-0.4, -0.2) is 42.3 Å². The van der Waals surface area contributed by atoms with Gasteiger partial charge in [-0.2, -0.15) is 0 Å². The predicted octanol–water partition coefficient (Wildman–Crippen LogP) is 12.0. The molecular weight excluding hydrogens is 734 g/mol. The van der Waals surface area contributed by atoms with E-state index in [9.17, 15) is 35.4 Å². The number of nitro groups is 3. The molecule has 14 nitrogen and oxygen atoms in total. The molecule has 0 spiro atoms. The largest absolute Gasteiger partial charge is 0.508 e. The molecule has 0 aliphatic rings. The maximum absolute atomic E-state index is 11.0. The third-order valence-electron chi connectivity index (χ3n) is 8.40. The van der Waals surface area contributed by atoms with Gasteiger partial charge in [0.15, 0.2) is 17.2 Å². The molecule has 3 N–H and O–H groups in total. The Morgan fingerprint density at radius 1 is 0.509 bits per heavy atom. The SMILES string of the molecule is CCCCCC[C@H](C)Oc1ccc(C)cc1[N+](=O)[O-].CCCCCC[C@H](C)Oc1ccc(O)cc1[N+](=O)[O-].Cc1ccc(O)c([N+](=O)[O-])c1.Cc1ccc(O)cc1. The molecule has 2 atom stereocenters. The Bertz CT molecular complexity index is 1720. The number of phenolic OH excluding ortho intramolecular Hbond substituents is 3. The van der Waals surface area contributed by atoms with E-state index in [1.54, 1.807) is 37.3 Å². The van der Waals surface area contributed by atoms with E-state index in [1.165, 1.54) is 61.9 Å². The van der Waals surface area contributed by atoms with Crippen molar-refractivity contribution in [3.05, 3.63) is 126 Å². The summed E-state index contributed by atoms with van der Waals surface area (Å²) in [5.41, 5.74) is 2.41. The van der Waals surface area contributed by atoms with E-state index in [1.807, 2.05) is 45.9 Å². The molecule has 0 saturated heterocycles. The van der Waals surface area contributed by atoms with Crippen molar-refractivity contribution in [1.82, 2.24) is 0 Å². The number of hydrogen-bond acceptors (Lipinski definition) is 11. The molecule has 312 valence electrons. The summed E-state index contributed by atoms with van der Waals surface area (Å²) in [6.07, 6.45) is 11.1. The lowest BCUT2D eigenvalue weighted by molar-refractivity contribution is -0.386. The van der Waals surface area contributed by atoms with Crippen molar-refractivity contribution in [3.8, 4) is 28.7 Å². The van der Waals surface area contributed by atoms with Gasteiger partial charge in [-0.25, -0.2) is 0 Å². The number of nitrogens with zero attached hydrogens (tertiary/aromatic N) is 3. The number of phenols is 3. The highest BCUT2D eigenvalue weighted by atomic mass is 16.6. The van der Waals surface area contributed by atoms with Crippen molar-refractivity contribution in [2.24, 2.45) is 0 Å². The standard InChI is InChI=1S/C15H23NO3.C14H21NO4.C7H7NO3.C7H8O/c1-4-5-6-7-8-13(3)19-15-10-9-12(2)11-14(15)16(17)18;1-3-4-5-6-7-11(2)19-14-9-8-12(16)10-13(14)15(17)18;1-5-2-3-7(9)6(4-5)8(10)11;1-6-2-4-7(8)5-3-6/h9-11,13H,4-8H2,1-3H3;8-11,16H,3-7H2,1-2H3;2-4,9H,1H3;2-5,8H,1H3/t13-;11-;;/m00../s1. The zero-order valence-corrected chi connectivity index (χ0v) is 34.2. The average Bonchev–Trinajstić information content (AvgIpc) is 3.16. The summed E-state index contributed by atoms with van der Waals surface area (Å²) in [7, 11) is 0. The minimum atomic E-state index is -0.609. The molecule has 0 fully saturated rings. The number of aryl methyl sites for hydroxylation is 3. The van der Waals surface area contributed by atoms with Gasteiger partial charge in [0.25, 0.3) is 0 Å². The molecule has 0 aromatic heterocycles. The quantitative estimate of drug-likeness (QED) is 0.0520. The van der Waals surface area contributed by atoms with Crippen LogP contribution in [0.1, 0.15) is 109 Å².